The van der Waals surface area contributed by atoms with E-state index in [0.717, 1.165) is 42.8 Å². The first kappa shape index (κ1) is 21.8. The Morgan fingerprint density at radius 3 is 2.66 bits per heavy atom. The molecule has 1 fully saturated rings. The second kappa shape index (κ2) is 9.80. The van der Waals surface area contributed by atoms with Crippen LogP contribution in [0.3, 0.4) is 0 Å². The molecule has 8 heteroatoms. The van der Waals surface area contributed by atoms with Crippen LogP contribution in [0.25, 0.3) is 11.4 Å². The Morgan fingerprint density at radius 1 is 1.22 bits per heavy atom. The first-order valence-corrected chi connectivity index (χ1v) is 10.9. The molecule has 1 amide bonds. The molecule has 3 aromatic rings. The molecule has 1 aromatic heterocycles. The van der Waals surface area contributed by atoms with Crippen molar-refractivity contribution in [2.24, 2.45) is 5.92 Å². The minimum Gasteiger partial charge on any atom is -0.497 e. The monoisotopic (exact) mass is 438 g/mol. The number of ether oxygens (including phenoxy) is 1. The van der Waals surface area contributed by atoms with Gasteiger partial charge in [-0.3, -0.25) is 4.79 Å². The predicted molar refractivity (Wildman–Crippen MR) is 120 cm³/mol. The van der Waals surface area contributed by atoms with Gasteiger partial charge in [0, 0.05) is 30.9 Å². The van der Waals surface area contributed by atoms with Crippen molar-refractivity contribution in [1.29, 1.82) is 0 Å². The standard InChI is InChI=1S/C24H27FN4O3/c1-3-14-29(20-10-8-19(25)9-11-20)23(30)18-5-4-15-28(16-18)24-26-22(27-32-24)17-6-12-21(31-2)13-7-17/h6-13,18H,3-5,14-16H2,1-2H3/t18-/m1/s1. The number of aromatic nitrogens is 2. The number of carbonyl (C=O) groups excluding carboxylic acids is 1. The summed E-state index contributed by atoms with van der Waals surface area (Å²) >= 11 is 0. The highest BCUT2D eigenvalue weighted by atomic mass is 19.1. The summed E-state index contributed by atoms with van der Waals surface area (Å²) in [5.74, 6) is 0.781. The lowest BCUT2D eigenvalue weighted by atomic mass is 9.96. The zero-order chi connectivity index (χ0) is 22.5. The number of benzene rings is 2. The first-order valence-electron chi connectivity index (χ1n) is 10.9. The maximum Gasteiger partial charge on any atom is 0.324 e. The third-order valence-electron chi connectivity index (χ3n) is 5.66. The molecule has 0 aliphatic carbocycles. The van der Waals surface area contributed by atoms with Crippen molar-refractivity contribution in [2.45, 2.75) is 26.2 Å². The third-order valence-corrected chi connectivity index (χ3v) is 5.66. The van der Waals surface area contributed by atoms with Gasteiger partial charge in [0.1, 0.15) is 11.6 Å². The van der Waals surface area contributed by atoms with Crippen LogP contribution in [0.4, 0.5) is 16.1 Å². The van der Waals surface area contributed by atoms with E-state index in [1.54, 1.807) is 24.1 Å². The van der Waals surface area contributed by atoms with Crippen molar-refractivity contribution in [3.63, 3.8) is 0 Å². The number of piperidine rings is 1. The molecule has 7 nitrogen and oxygen atoms in total. The van der Waals surface area contributed by atoms with Crippen molar-refractivity contribution in [2.75, 3.05) is 36.5 Å². The lowest BCUT2D eigenvalue weighted by Gasteiger charge is -2.34. The fraction of sp³-hybridized carbons (Fsp3) is 0.375. The topological polar surface area (TPSA) is 71.7 Å². The summed E-state index contributed by atoms with van der Waals surface area (Å²) in [6.45, 7) is 3.86. The molecule has 0 bridgehead atoms. The Morgan fingerprint density at radius 2 is 1.97 bits per heavy atom. The zero-order valence-corrected chi connectivity index (χ0v) is 18.3. The summed E-state index contributed by atoms with van der Waals surface area (Å²) in [6.07, 6.45) is 2.45. The quantitative estimate of drug-likeness (QED) is 0.539. The van der Waals surface area contributed by atoms with Crippen LogP contribution in [0, 0.1) is 11.7 Å². The minimum atomic E-state index is -0.314. The van der Waals surface area contributed by atoms with Crippen molar-refractivity contribution in [1.82, 2.24) is 10.1 Å². The summed E-state index contributed by atoms with van der Waals surface area (Å²) in [7, 11) is 1.62. The van der Waals surface area contributed by atoms with E-state index in [2.05, 4.69) is 10.1 Å². The smallest absolute Gasteiger partial charge is 0.324 e. The fourth-order valence-corrected chi connectivity index (χ4v) is 3.99. The summed E-state index contributed by atoms with van der Waals surface area (Å²) in [5, 5.41) is 4.11. The maximum absolute atomic E-state index is 13.4. The fourth-order valence-electron chi connectivity index (χ4n) is 3.99. The Bertz CT molecular complexity index is 1040. The van der Waals surface area contributed by atoms with E-state index in [1.807, 2.05) is 36.1 Å². The number of halogens is 1. The van der Waals surface area contributed by atoms with Gasteiger partial charge in [0.05, 0.1) is 13.0 Å². The van der Waals surface area contributed by atoms with Gasteiger partial charge in [0.2, 0.25) is 11.7 Å². The van der Waals surface area contributed by atoms with E-state index in [9.17, 15) is 9.18 Å². The Hall–Kier alpha value is -3.42. The van der Waals surface area contributed by atoms with Crippen molar-refractivity contribution in [3.8, 4) is 17.1 Å². The number of carbonyl (C=O) groups is 1. The molecule has 0 radical (unpaired) electrons. The predicted octanol–water partition coefficient (Wildman–Crippen LogP) is 4.54. The number of nitrogens with zero attached hydrogens (tertiary/aromatic N) is 4. The number of amides is 1. The first-order chi connectivity index (χ1) is 15.6. The summed E-state index contributed by atoms with van der Waals surface area (Å²) in [5.41, 5.74) is 1.55. The van der Waals surface area contributed by atoms with Crippen LogP contribution in [-0.4, -0.2) is 42.8 Å². The summed E-state index contributed by atoms with van der Waals surface area (Å²) < 4.78 is 24.1. The lowest BCUT2D eigenvalue weighted by Crippen LogP contribution is -2.45. The molecule has 0 spiro atoms. The normalized spacial score (nSPS) is 16.1. The summed E-state index contributed by atoms with van der Waals surface area (Å²) in [4.78, 5) is 21.6. The minimum absolute atomic E-state index is 0.0399. The van der Waals surface area contributed by atoms with Gasteiger partial charge in [-0.15, -0.1) is 0 Å². The molecule has 1 saturated heterocycles. The van der Waals surface area contributed by atoms with Crippen molar-refractivity contribution < 1.29 is 18.4 Å². The molecule has 0 N–H and O–H groups in total. The van der Waals surface area contributed by atoms with Crippen LogP contribution in [-0.2, 0) is 4.79 Å². The highest BCUT2D eigenvalue weighted by molar-refractivity contribution is 5.95. The van der Waals surface area contributed by atoms with Gasteiger partial charge in [-0.2, -0.15) is 4.98 Å². The van der Waals surface area contributed by atoms with E-state index < -0.39 is 0 Å². The SMILES string of the molecule is CCCN(C(=O)[C@@H]1CCCN(c2nc(-c3ccc(OC)cc3)no2)C1)c1ccc(F)cc1. The highest BCUT2D eigenvalue weighted by Gasteiger charge is 2.32. The molecule has 0 saturated carbocycles. The van der Waals surface area contributed by atoms with Gasteiger partial charge in [-0.1, -0.05) is 12.1 Å². The molecule has 1 atom stereocenters. The molecule has 168 valence electrons. The third kappa shape index (κ3) is 4.74. The van der Waals surface area contributed by atoms with Gasteiger partial charge >= 0.3 is 6.01 Å². The number of methoxy groups -OCH3 is 1. The highest BCUT2D eigenvalue weighted by Crippen LogP contribution is 2.28. The number of hydrogen-bond acceptors (Lipinski definition) is 6. The van der Waals surface area contributed by atoms with Gasteiger partial charge in [-0.05, 0) is 67.8 Å². The molecule has 4 rings (SSSR count). The van der Waals surface area contributed by atoms with Crippen LogP contribution < -0.4 is 14.5 Å². The molecule has 2 heterocycles. The van der Waals surface area contributed by atoms with Crippen LogP contribution in [0.1, 0.15) is 26.2 Å². The molecule has 32 heavy (non-hydrogen) atoms. The summed E-state index contributed by atoms with van der Waals surface area (Å²) in [6, 6.07) is 13.9. The van der Waals surface area contributed by atoms with E-state index >= 15 is 0 Å². The average Bonchev–Trinajstić information content (AvgIpc) is 3.33. The largest absolute Gasteiger partial charge is 0.497 e. The van der Waals surface area contributed by atoms with Crippen molar-refractivity contribution >= 4 is 17.6 Å². The van der Waals surface area contributed by atoms with Gasteiger partial charge < -0.3 is 19.1 Å². The number of rotatable bonds is 7. The second-order valence-corrected chi connectivity index (χ2v) is 7.88. The van der Waals surface area contributed by atoms with E-state index in [0.29, 0.717) is 24.9 Å². The molecule has 1 aliphatic heterocycles. The van der Waals surface area contributed by atoms with Crippen LogP contribution >= 0.6 is 0 Å². The molecule has 2 aromatic carbocycles. The van der Waals surface area contributed by atoms with E-state index in [4.69, 9.17) is 9.26 Å². The number of anilines is 2. The second-order valence-electron chi connectivity index (χ2n) is 7.88. The zero-order valence-electron chi connectivity index (χ0n) is 18.3. The Kier molecular flexibility index (Phi) is 6.68. The molecule has 1 aliphatic rings. The van der Waals surface area contributed by atoms with E-state index in [-0.39, 0.29) is 17.6 Å². The molecule has 0 unspecified atom stereocenters. The van der Waals surface area contributed by atoms with Gasteiger partial charge in [-0.25, -0.2) is 4.39 Å². The van der Waals surface area contributed by atoms with Crippen LogP contribution in [0.5, 0.6) is 5.75 Å². The van der Waals surface area contributed by atoms with Gasteiger partial charge in [0.15, 0.2) is 0 Å². The van der Waals surface area contributed by atoms with Crippen LogP contribution in [0.2, 0.25) is 0 Å². The van der Waals surface area contributed by atoms with Crippen molar-refractivity contribution in [3.05, 3.63) is 54.3 Å². The molecular weight excluding hydrogens is 411 g/mol. The lowest BCUT2D eigenvalue weighted by molar-refractivity contribution is -0.122. The maximum atomic E-state index is 13.4. The average molecular weight is 439 g/mol. The van der Waals surface area contributed by atoms with Gasteiger partial charge in [0.25, 0.3) is 0 Å². The van der Waals surface area contributed by atoms with E-state index in [1.165, 1.54) is 12.1 Å². The molecular formula is C24H27FN4O3. The Labute approximate surface area is 186 Å². The number of hydrogen-bond donors (Lipinski definition) is 0. The van der Waals surface area contributed by atoms with Crippen LogP contribution in [0.15, 0.2) is 53.1 Å². The Balaban J connectivity index is 1.48.